The summed E-state index contributed by atoms with van der Waals surface area (Å²) >= 11 is 1.64. The second-order valence-corrected chi connectivity index (χ2v) is 5.76. The van der Waals surface area contributed by atoms with E-state index >= 15 is 0 Å². The van der Waals surface area contributed by atoms with E-state index in [4.69, 9.17) is 0 Å². The van der Waals surface area contributed by atoms with Gasteiger partial charge in [0, 0.05) is 16.6 Å². The molecule has 0 radical (unpaired) electrons. The van der Waals surface area contributed by atoms with Crippen LogP contribution < -0.4 is 5.32 Å². The topological polar surface area (TPSA) is 68.1 Å². The first-order chi connectivity index (χ1) is 9.52. The van der Waals surface area contributed by atoms with Crippen LogP contribution in [0.15, 0.2) is 24.4 Å². The van der Waals surface area contributed by atoms with Gasteiger partial charge < -0.3 is 5.32 Å². The number of para-hydroxylation sites is 1. The smallest absolute Gasteiger partial charge is 0.295 e. The third kappa shape index (κ3) is 2.96. The number of hydrogen-bond donors (Lipinski definition) is 1. The molecule has 0 aliphatic heterocycles. The quantitative estimate of drug-likeness (QED) is 0.665. The summed E-state index contributed by atoms with van der Waals surface area (Å²) in [5.74, 6) is 0. The fourth-order valence-electron chi connectivity index (χ4n) is 2.00. The van der Waals surface area contributed by atoms with Crippen molar-refractivity contribution in [1.29, 1.82) is 0 Å². The van der Waals surface area contributed by atoms with Crippen LogP contribution in [0.5, 0.6) is 0 Å². The number of nitrogens with zero attached hydrogens (tertiary/aromatic N) is 2. The van der Waals surface area contributed by atoms with Crippen molar-refractivity contribution in [2.24, 2.45) is 0 Å². The molecule has 1 unspecified atom stereocenters. The lowest BCUT2D eigenvalue weighted by Crippen LogP contribution is -2.08. The van der Waals surface area contributed by atoms with Crippen molar-refractivity contribution in [3.05, 3.63) is 50.0 Å². The Hall–Kier alpha value is -1.95. The molecule has 0 spiro atoms. The summed E-state index contributed by atoms with van der Waals surface area (Å²) in [6.45, 7) is 5.79. The molecule has 0 amide bonds. The Balaban J connectivity index is 2.25. The van der Waals surface area contributed by atoms with Crippen LogP contribution in [-0.4, -0.2) is 9.91 Å². The largest absolute Gasteiger partial charge is 0.371 e. The number of thiazole rings is 1. The minimum atomic E-state index is -0.344. The zero-order valence-electron chi connectivity index (χ0n) is 11.7. The normalized spacial score (nSPS) is 12.2. The molecular weight excluding hydrogens is 274 g/mol. The molecule has 0 bridgehead atoms. The summed E-state index contributed by atoms with van der Waals surface area (Å²) in [6, 6.07) is 5.24. The van der Waals surface area contributed by atoms with Crippen molar-refractivity contribution < 1.29 is 4.92 Å². The zero-order chi connectivity index (χ0) is 14.7. The average Bonchev–Trinajstić information content (AvgIpc) is 2.87. The van der Waals surface area contributed by atoms with Gasteiger partial charge in [0.05, 0.1) is 11.0 Å². The molecule has 20 heavy (non-hydrogen) atoms. The van der Waals surface area contributed by atoms with Crippen LogP contribution in [0.25, 0.3) is 0 Å². The summed E-state index contributed by atoms with van der Waals surface area (Å²) in [7, 11) is 0. The molecule has 2 aromatic rings. The lowest BCUT2D eigenvalue weighted by Gasteiger charge is -2.13. The van der Waals surface area contributed by atoms with E-state index in [2.05, 4.69) is 17.2 Å². The fraction of sp³-hybridized carbons (Fsp3) is 0.357. The van der Waals surface area contributed by atoms with Crippen LogP contribution in [0.2, 0.25) is 0 Å². The lowest BCUT2D eigenvalue weighted by atomic mass is 10.1. The van der Waals surface area contributed by atoms with Gasteiger partial charge in [0.25, 0.3) is 5.69 Å². The Morgan fingerprint density at radius 1 is 1.50 bits per heavy atom. The SMILES string of the molecule is CCc1cnc(C(C)Nc2cccc(C)c2[N+](=O)[O-])s1. The second kappa shape index (κ2) is 6.00. The van der Waals surface area contributed by atoms with E-state index in [-0.39, 0.29) is 16.7 Å². The molecule has 0 fully saturated rings. The van der Waals surface area contributed by atoms with Gasteiger partial charge in [-0.1, -0.05) is 19.1 Å². The number of nitro benzene ring substituents is 1. The summed E-state index contributed by atoms with van der Waals surface area (Å²) in [5.41, 5.74) is 1.32. The van der Waals surface area contributed by atoms with Crippen LogP contribution in [0.1, 0.15) is 35.3 Å². The van der Waals surface area contributed by atoms with E-state index in [1.54, 1.807) is 30.4 Å². The maximum absolute atomic E-state index is 11.2. The standard InChI is InChI=1S/C14H17N3O2S/c1-4-11-8-15-14(20-11)10(3)16-12-7-5-6-9(2)13(12)17(18)19/h5-8,10,16H,4H2,1-3H3. The van der Waals surface area contributed by atoms with Crippen molar-refractivity contribution >= 4 is 22.7 Å². The molecular formula is C14H17N3O2S. The van der Waals surface area contributed by atoms with Gasteiger partial charge in [0.15, 0.2) is 0 Å². The number of benzene rings is 1. The van der Waals surface area contributed by atoms with Gasteiger partial charge in [0.2, 0.25) is 0 Å². The molecule has 1 aromatic carbocycles. The molecule has 6 heteroatoms. The van der Waals surface area contributed by atoms with E-state index in [0.29, 0.717) is 11.3 Å². The van der Waals surface area contributed by atoms with E-state index in [1.807, 2.05) is 19.2 Å². The molecule has 106 valence electrons. The highest BCUT2D eigenvalue weighted by Gasteiger charge is 2.19. The molecule has 1 N–H and O–H groups in total. The predicted octanol–water partition coefficient (Wildman–Crippen LogP) is 4.10. The van der Waals surface area contributed by atoms with Gasteiger partial charge >= 0.3 is 0 Å². The Morgan fingerprint density at radius 3 is 2.85 bits per heavy atom. The van der Waals surface area contributed by atoms with E-state index < -0.39 is 0 Å². The first-order valence-electron chi connectivity index (χ1n) is 6.48. The van der Waals surface area contributed by atoms with E-state index in [0.717, 1.165) is 11.4 Å². The molecule has 1 atom stereocenters. The number of hydrogen-bond acceptors (Lipinski definition) is 5. The van der Waals surface area contributed by atoms with Crippen molar-refractivity contribution in [1.82, 2.24) is 4.98 Å². The highest BCUT2D eigenvalue weighted by Crippen LogP contribution is 2.31. The van der Waals surface area contributed by atoms with Gasteiger partial charge in [-0.05, 0) is 26.3 Å². The third-order valence-electron chi connectivity index (χ3n) is 3.08. The van der Waals surface area contributed by atoms with Crippen LogP contribution in [0.4, 0.5) is 11.4 Å². The second-order valence-electron chi connectivity index (χ2n) is 4.61. The summed E-state index contributed by atoms with van der Waals surface area (Å²) in [5, 5.41) is 15.3. The number of aryl methyl sites for hydroxylation is 2. The van der Waals surface area contributed by atoms with Crippen LogP contribution >= 0.6 is 11.3 Å². The average molecular weight is 291 g/mol. The molecule has 0 saturated carbocycles. The van der Waals surface area contributed by atoms with Gasteiger partial charge in [-0.15, -0.1) is 11.3 Å². The summed E-state index contributed by atoms with van der Waals surface area (Å²) in [6.07, 6.45) is 2.82. The number of anilines is 1. The number of nitro groups is 1. The maximum atomic E-state index is 11.2. The predicted molar refractivity (Wildman–Crippen MR) is 81.4 cm³/mol. The highest BCUT2D eigenvalue weighted by molar-refractivity contribution is 7.11. The van der Waals surface area contributed by atoms with Crippen LogP contribution in [0, 0.1) is 17.0 Å². The van der Waals surface area contributed by atoms with Crippen molar-refractivity contribution in [3.8, 4) is 0 Å². The molecule has 0 aliphatic rings. The molecule has 0 aliphatic carbocycles. The number of rotatable bonds is 5. The Labute approximate surface area is 121 Å². The van der Waals surface area contributed by atoms with E-state index in [1.165, 1.54) is 4.88 Å². The van der Waals surface area contributed by atoms with Gasteiger partial charge in [-0.3, -0.25) is 10.1 Å². The minimum Gasteiger partial charge on any atom is -0.371 e. The van der Waals surface area contributed by atoms with Gasteiger partial charge in [0.1, 0.15) is 10.7 Å². The van der Waals surface area contributed by atoms with E-state index in [9.17, 15) is 10.1 Å². The number of aromatic nitrogens is 1. The minimum absolute atomic E-state index is 0.0548. The third-order valence-corrected chi connectivity index (χ3v) is 4.41. The van der Waals surface area contributed by atoms with Crippen LogP contribution in [-0.2, 0) is 6.42 Å². The first kappa shape index (κ1) is 14.5. The Bertz CT molecular complexity index is 625. The Morgan fingerprint density at radius 2 is 2.25 bits per heavy atom. The lowest BCUT2D eigenvalue weighted by molar-refractivity contribution is -0.384. The van der Waals surface area contributed by atoms with Crippen molar-refractivity contribution in [2.45, 2.75) is 33.2 Å². The molecule has 5 nitrogen and oxygen atoms in total. The summed E-state index contributed by atoms with van der Waals surface area (Å²) in [4.78, 5) is 16.4. The summed E-state index contributed by atoms with van der Waals surface area (Å²) < 4.78 is 0. The Kier molecular flexibility index (Phi) is 4.34. The highest BCUT2D eigenvalue weighted by atomic mass is 32.1. The molecule has 0 saturated heterocycles. The van der Waals surface area contributed by atoms with Gasteiger partial charge in [-0.25, -0.2) is 4.98 Å². The first-order valence-corrected chi connectivity index (χ1v) is 7.29. The molecule has 2 rings (SSSR count). The van der Waals surface area contributed by atoms with Crippen molar-refractivity contribution in [3.63, 3.8) is 0 Å². The zero-order valence-corrected chi connectivity index (χ0v) is 12.5. The van der Waals surface area contributed by atoms with Gasteiger partial charge in [-0.2, -0.15) is 0 Å². The molecule has 1 aromatic heterocycles. The number of nitrogens with one attached hydrogen (secondary N) is 1. The monoisotopic (exact) mass is 291 g/mol. The van der Waals surface area contributed by atoms with Crippen LogP contribution in [0.3, 0.4) is 0 Å². The van der Waals surface area contributed by atoms with Crippen molar-refractivity contribution in [2.75, 3.05) is 5.32 Å². The molecule has 1 heterocycles. The fourth-order valence-corrected chi connectivity index (χ4v) is 2.86. The maximum Gasteiger partial charge on any atom is 0.295 e.